The van der Waals surface area contributed by atoms with Gasteiger partial charge in [0.2, 0.25) is 0 Å². The van der Waals surface area contributed by atoms with Crippen LogP contribution in [-0.2, 0) is 4.79 Å². The third kappa shape index (κ3) is 4.46. The van der Waals surface area contributed by atoms with Crippen molar-refractivity contribution in [1.82, 2.24) is 0 Å². The first-order valence-electron chi connectivity index (χ1n) is 7.07. The van der Waals surface area contributed by atoms with E-state index in [0.717, 1.165) is 5.56 Å². The van der Waals surface area contributed by atoms with Crippen LogP contribution in [0.5, 0.6) is 0 Å². The van der Waals surface area contributed by atoms with E-state index in [2.05, 4.69) is 0 Å². The van der Waals surface area contributed by atoms with E-state index in [4.69, 9.17) is 0 Å². The lowest BCUT2D eigenvalue weighted by Gasteiger charge is -2.21. The highest BCUT2D eigenvalue weighted by Crippen LogP contribution is 2.36. The number of benzene rings is 2. The van der Waals surface area contributed by atoms with Crippen LogP contribution in [0.3, 0.4) is 0 Å². The van der Waals surface area contributed by atoms with Gasteiger partial charge in [-0.1, -0.05) is 60.7 Å². The van der Waals surface area contributed by atoms with Crippen LogP contribution in [0.25, 0.3) is 0 Å². The van der Waals surface area contributed by atoms with Gasteiger partial charge in [0.25, 0.3) is 0 Å². The van der Waals surface area contributed by atoms with Crippen molar-refractivity contribution in [3.05, 3.63) is 71.8 Å². The Labute approximate surface area is 134 Å². The molecule has 0 fully saturated rings. The molecule has 2 aromatic carbocycles. The largest absolute Gasteiger partial charge is 0.549 e. The Morgan fingerprint density at radius 2 is 1.55 bits per heavy atom. The van der Waals surface area contributed by atoms with Crippen LogP contribution < -0.4 is 5.11 Å². The first-order valence-corrected chi connectivity index (χ1v) is 8.01. The second kappa shape index (κ2) is 7.80. The van der Waals surface area contributed by atoms with Crippen LogP contribution in [-0.4, -0.2) is 17.0 Å². The lowest BCUT2D eigenvalue weighted by atomic mass is 10.0. The lowest BCUT2D eigenvalue weighted by Crippen LogP contribution is -2.32. The summed E-state index contributed by atoms with van der Waals surface area (Å²) in [7, 11) is 0. The molecule has 0 radical (unpaired) electrons. The first kappa shape index (κ1) is 16.3. The van der Waals surface area contributed by atoms with Gasteiger partial charge in [-0.2, -0.15) is 0 Å². The third-order valence-electron chi connectivity index (χ3n) is 3.34. The van der Waals surface area contributed by atoms with E-state index in [-0.39, 0.29) is 17.5 Å². The molecule has 0 heterocycles. The van der Waals surface area contributed by atoms with Crippen molar-refractivity contribution in [2.45, 2.75) is 23.8 Å². The van der Waals surface area contributed by atoms with Gasteiger partial charge in [0.1, 0.15) is 0 Å². The van der Waals surface area contributed by atoms with Gasteiger partial charge in [-0.25, -0.2) is 0 Å². The normalized spacial score (nSPS) is 13.3. The van der Waals surface area contributed by atoms with Gasteiger partial charge in [-0.15, -0.1) is 11.8 Å². The van der Waals surface area contributed by atoms with Crippen LogP contribution in [0.1, 0.15) is 34.5 Å². The minimum absolute atomic E-state index is 0.00695. The van der Waals surface area contributed by atoms with Gasteiger partial charge < -0.3 is 9.90 Å². The molecule has 0 saturated carbocycles. The van der Waals surface area contributed by atoms with Crippen molar-refractivity contribution in [1.29, 1.82) is 0 Å². The van der Waals surface area contributed by atoms with Crippen molar-refractivity contribution in [3.8, 4) is 0 Å². The molecule has 0 aliphatic rings. The quantitative estimate of drug-likeness (QED) is 0.738. The van der Waals surface area contributed by atoms with Gasteiger partial charge in [-0.3, -0.25) is 4.79 Å². The molecule has 3 nitrogen and oxygen atoms in total. The van der Waals surface area contributed by atoms with Crippen molar-refractivity contribution in [3.63, 3.8) is 0 Å². The van der Waals surface area contributed by atoms with Crippen molar-refractivity contribution in [2.24, 2.45) is 0 Å². The molecule has 2 aromatic rings. The number of carbonyl (C=O) groups is 2. The Morgan fingerprint density at radius 3 is 2.09 bits per heavy atom. The lowest BCUT2D eigenvalue weighted by molar-refractivity contribution is -0.304. The summed E-state index contributed by atoms with van der Waals surface area (Å²) >= 11 is 1.25. The summed E-state index contributed by atoms with van der Waals surface area (Å²) in [5, 5.41) is 10.1. The predicted octanol–water partition coefficient (Wildman–Crippen LogP) is 2.87. The van der Waals surface area contributed by atoms with Crippen LogP contribution in [0.15, 0.2) is 60.7 Å². The molecule has 0 aliphatic heterocycles. The summed E-state index contributed by atoms with van der Waals surface area (Å²) in [5.74, 6) is -1.11. The molecule has 22 heavy (non-hydrogen) atoms. The number of rotatable bonds is 7. The predicted molar refractivity (Wildman–Crippen MR) is 86.6 cm³/mol. The fraction of sp³-hybridized carbons (Fsp3) is 0.222. The molecule has 0 N–H and O–H groups in total. The minimum atomic E-state index is -1.11. The maximum atomic E-state index is 12.4. The molecule has 0 aromatic heterocycles. The van der Waals surface area contributed by atoms with Gasteiger partial charge >= 0.3 is 0 Å². The van der Waals surface area contributed by atoms with Crippen LogP contribution >= 0.6 is 11.8 Å². The van der Waals surface area contributed by atoms with Crippen molar-refractivity contribution >= 4 is 23.5 Å². The highest BCUT2D eigenvalue weighted by molar-refractivity contribution is 8.00. The SMILES string of the molecule is C[C@@H](S[C@H](CC(=O)c1ccccc1)c1ccccc1)C(=O)[O-]. The molecular formula is C18H17O3S-. The number of carbonyl (C=O) groups excluding carboxylic acids is 2. The number of thioether (sulfide) groups is 1. The molecule has 0 bridgehead atoms. The first-order chi connectivity index (χ1) is 10.6. The van der Waals surface area contributed by atoms with E-state index in [9.17, 15) is 14.7 Å². The summed E-state index contributed by atoms with van der Waals surface area (Å²) < 4.78 is 0. The summed E-state index contributed by atoms with van der Waals surface area (Å²) in [4.78, 5) is 23.4. The molecule has 2 rings (SSSR count). The Kier molecular flexibility index (Phi) is 5.78. The van der Waals surface area contributed by atoms with Crippen molar-refractivity contribution < 1.29 is 14.7 Å². The van der Waals surface area contributed by atoms with Crippen molar-refractivity contribution in [2.75, 3.05) is 0 Å². The molecule has 0 spiro atoms. The molecule has 0 aliphatic carbocycles. The van der Waals surface area contributed by atoms with E-state index in [1.807, 2.05) is 48.5 Å². The molecule has 0 saturated heterocycles. The zero-order valence-corrected chi connectivity index (χ0v) is 13.1. The summed E-state index contributed by atoms with van der Waals surface area (Å²) in [6.45, 7) is 1.59. The number of hydrogen-bond donors (Lipinski definition) is 0. The standard InChI is InChI=1S/C18H18O3S/c1-13(18(20)21)22-17(15-10-6-3-7-11-15)12-16(19)14-8-4-2-5-9-14/h2-11,13,17H,12H2,1H3,(H,20,21)/p-1/t13-,17-/m1/s1. The number of ketones is 1. The minimum Gasteiger partial charge on any atom is -0.549 e. The fourth-order valence-corrected chi connectivity index (χ4v) is 3.29. The number of Topliss-reactive ketones (excluding diaryl/α,β-unsaturated/α-hetero) is 1. The maximum Gasteiger partial charge on any atom is 0.164 e. The number of hydrogen-bond acceptors (Lipinski definition) is 4. The molecule has 4 heteroatoms. The Bertz CT molecular complexity index is 625. The summed E-state index contributed by atoms with van der Waals surface area (Å²) in [6, 6.07) is 18.6. The van der Waals surface area contributed by atoms with Gasteiger partial charge in [0.15, 0.2) is 5.78 Å². The fourth-order valence-electron chi connectivity index (χ4n) is 2.12. The Hall–Kier alpha value is -2.07. The van der Waals surface area contributed by atoms with Gasteiger partial charge in [0, 0.05) is 22.5 Å². The number of aliphatic carboxylic acids is 1. The molecule has 0 unspecified atom stereocenters. The Morgan fingerprint density at radius 1 is 1.00 bits per heavy atom. The van der Waals surface area contributed by atoms with Gasteiger partial charge in [-0.05, 0) is 12.5 Å². The molecule has 0 amide bonds. The number of carboxylic acids is 1. The zero-order chi connectivity index (χ0) is 15.9. The summed E-state index contributed by atoms with van der Waals surface area (Å²) in [5.41, 5.74) is 1.59. The maximum absolute atomic E-state index is 12.4. The Balaban J connectivity index is 2.18. The van der Waals surface area contributed by atoms with E-state index in [0.29, 0.717) is 5.56 Å². The molecule has 2 atom stereocenters. The highest BCUT2D eigenvalue weighted by Gasteiger charge is 2.20. The van der Waals surface area contributed by atoms with Crippen LogP contribution in [0, 0.1) is 0 Å². The van der Waals surface area contributed by atoms with E-state index in [1.54, 1.807) is 19.1 Å². The smallest absolute Gasteiger partial charge is 0.164 e. The zero-order valence-electron chi connectivity index (χ0n) is 12.3. The third-order valence-corrected chi connectivity index (χ3v) is 4.71. The molecular weight excluding hydrogens is 296 g/mol. The van der Waals surface area contributed by atoms with Crippen LogP contribution in [0.4, 0.5) is 0 Å². The average molecular weight is 313 g/mol. The van der Waals surface area contributed by atoms with Crippen LogP contribution in [0.2, 0.25) is 0 Å². The topological polar surface area (TPSA) is 57.2 Å². The van der Waals surface area contributed by atoms with Gasteiger partial charge in [0.05, 0.1) is 5.97 Å². The monoisotopic (exact) mass is 313 g/mol. The second-order valence-corrected chi connectivity index (χ2v) is 6.54. The molecule has 114 valence electrons. The summed E-state index contributed by atoms with van der Waals surface area (Å²) in [6.07, 6.45) is 0.260. The highest BCUT2D eigenvalue weighted by atomic mass is 32.2. The average Bonchev–Trinajstić information content (AvgIpc) is 2.55. The van der Waals surface area contributed by atoms with E-state index < -0.39 is 11.2 Å². The second-order valence-electron chi connectivity index (χ2n) is 4.99. The number of carboxylic acid groups (broad SMARTS) is 1. The van der Waals surface area contributed by atoms with E-state index >= 15 is 0 Å². The van der Waals surface area contributed by atoms with E-state index in [1.165, 1.54) is 11.8 Å².